The van der Waals surface area contributed by atoms with Crippen molar-refractivity contribution in [3.8, 4) is 22.8 Å². The Kier molecular flexibility index (Phi) is 4.54. The average Bonchev–Trinajstić information content (AvgIpc) is 3.31. The van der Waals surface area contributed by atoms with Gasteiger partial charge < -0.3 is 19.4 Å². The highest BCUT2D eigenvalue weighted by Gasteiger charge is 2.18. The van der Waals surface area contributed by atoms with Crippen LogP contribution in [-0.4, -0.2) is 29.7 Å². The van der Waals surface area contributed by atoms with Crippen molar-refractivity contribution in [2.75, 3.05) is 19.5 Å². The molecule has 0 spiro atoms. The van der Waals surface area contributed by atoms with Gasteiger partial charge in [0, 0.05) is 24.2 Å². The third-order valence-electron chi connectivity index (χ3n) is 4.78. The summed E-state index contributed by atoms with van der Waals surface area (Å²) in [5, 5.41) is 2.95. The molecule has 27 heavy (non-hydrogen) atoms. The van der Waals surface area contributed by atoms with Crippen molar-refractivity contribution in [1.82, 2.24) is 9.55 Å². The van der Waals surface area contributed by atoms with E-state index in [9.17, 15) is 4.79 Å². The highest BCUT2D eigenvalue weighted by Crippen LogP contribution is 2.32. The number of hydrogen-bond donors (Lipinski definition) is 1. The van der Waals surface area contributed by atoms with E-state index in [-0.39, 0.29) is 5.91 Å². The van der Waals surface area contributed by atoms with Gasteiger partial charge >= 0.3 is 0 Å². The maximum Gasteiger partial charge on any atom is 0.259 e. The molecule has 138 valence electrons. The van der Waals surface area contributed by atoms with E-state index < -0.39 is 0 Å². The van der Waals surface area contributed by atoms with Gasteiger partial charge in [0.05, 0.1) is 31.7 Å². The molecule has 2 aromatic carbocycles. The lowest BCUT2D eigenvalue weighted by molar-refractivity contribution is 0.102. The zero-order chi connectivity index (χ0) is 18.8. The summed E-state index contributed by atoms with van der Waals surface area (Å²) in [5.41, 5.74) is 3.26. The van der Waals surface area contributed by atoms with Crippen molar-refractivity contribution in [3.63, 3.8) is 0 Å². The monoisotopic (exact) mass is 363 g/mol. The number of carbonyl (C=O) groups is 1. The van der Waals surface area contributed by atoms with E-state index in [1.807, 2.05) is 30.5 Å². The van der Waals surface area contributed by atoms with Gasteiger partial charge in [0.25, 0.3) is 5.91 Å². The second-order valence-electron chi connectivity index (χ2n) is 6.39. The van der Waals surface area contributed by atoms with Crippen LogP contribution in [0.5, 0.6) is 11.5 Å². The molecule has 0 atom stereocenters. The molecular weight excluding hydrogens is 342 g/mol. The number of amides is 1. The predicted octanol–water partition coefficient (Wildman–Crippen LogP) is 3.77. The van der Waals surface area contributed by atoms with Crippen LogP contribution in [0.4, 0.5) is 5.69 Å². The minimum absolute atomic E-state index is 0.249. The molecule has 1 aliphatic heterocycles. The molecule has 0 bridgehead atoms. The van der Waals surface area contributed by atoms with Gasteiger partial charge in [-0.15, -0.1) is 0 Å². The summed E-state index contributed by atoms with van der Waals surface area (Å²) in [7, 11) is 3.07. The Morgan fingerprint density at radius 2 is 2.00 bits per heavy atom. The second-order valence-corrected chi connectivity index (χ2v) is 6.39. The molecule has 6 nitrogen and oxygen atoms in total. The molecule has 3 aromatic rings. The molecule has 0 saturated heterocycles. The van der Waals surface area contributed by atoms with Crippen LogP contribution in [0.3, 0.4) is 0 Å². The van der Waals surface area contributed by atoms with Crippen molar-refractivity contribution in [2.24, 2.45) is 0 Å². The van der Waals surface area contributed by atoms with Gasteiger partial charge in [0.2, 0.25) is 0 Å². The Hall–Kier alpha value is -3.28. The van der Waals surface area contributed by atoms with Crippen LogP contribution in [0.25, 0.3) is 11.3 Å². The average molecular weight is 363 g/mol. The number of carbonyl (C=O) groups excluding carboxylic acids is 1. The van der Waals surface area contributed by atoms with Gasteiger partial charge in [-0.25, -0.2) is 4.98 Å². The van der Waals surface area contributed by atoms with E-state index in [0.717, 1.165) is 42.2 Å². The quantitative estimate of drug-likeness (QED) is 0.749. The van der Waals surface area contributed by atoms with E-state index in [1.165, 1.54) is 7.11 Å². The summed E-state index contributed by atoms with van der Waals surface area (Å²) < 4.78 is 12.9. The van der Waals surface area contributed by atoms with Crippen LogP contribution in [-0.2, 0) is 13.0 Å². The van der Waals surface area contributed by atoms with Crippen LogP contribution < -0.4 is 14.8 Å². The van der Waals surface area contributed by atoms with Gasteiger partial charge in [-0.3, -0.25) is 4.79 Å². The predicted molar refractivity (Wildman–Crippen MR) is 103 cm³/mol. The van der Waals surface area contributed by atoms with Gasteiger partial charge in [-0.2, -0.15) is 0 Å². The molecule has 1 aliphatic rings. The first-order valence-electron chi connectivity index (χ1n) is 8.88. The standard InChI is InChI=1S/C21H21N3O3/c1-26-18-9-4-8-16(20(18)27-2)21(25)23-15-7-3-6-14(12-15)17-13-22-19-10-5-11-24(17)19/h3-4,6-9,12-13H,5,10-11H2,1-2H3,(H,23,25). The summed E-state index contributed by atoms with van der Waals surface area (Å²) in [6.45, 7) is 0.988. The van der Waals surface area contributed by atoms with E-state index in [4.69, 9.17) is 9.47 Å². The lowest BCUT2D eigenvalue weighted by atomic mass is 10.1. The maximum atomic E-state index is 12.8. The number of ether oxygens (including phenoxy) is 2. The summed E-state index contributed by atoms with van der Waals surface area (Å²) in [4.78, 5) is 17.3. The van der Waals surface area contributed by atoms with Gasteiger partial charge in [-0.05, 0) is 30.7 Å². The van der Waals surface area contributed by atoms with Crippen LogP contribution in [0.1, 0.15) is 22.6 Å². The highest BCUT2D eigenvalue weighted by molar-refractivity contribution is 6.07. The fourth-order valence-corrected chi connectivity index (χ4v) is 3.51. The number of imidazole rings is 1. The fraction of sp³-hybridized carbons (Fsp3) is 0.238. The van der Waals surface area contributed by atoms with Crippen molar-refractivity contribution in [1.29, 1.82) is 0 Å². The number of anilines is 1. The Balaban J connectivity index is 1.61. The van der Waals surface area contributed by atoms with Gasteiger partial charge in [0.15, 0.2) is 11.5 Å². The number of aromatic nitrogens is 2. The molecule has 0 aliphatic carbocycles. The first-order valence-corrected chi connectivity index (χ1v) is 8.88. The number of fused-ring (bicyclic) bond motifs is 1. The van der Waals surface area contributed by atoms with Crippen molar-refractivity contribution in [3.05, 3.63) is 60.0 Å². The Morgan fingerprint density at radius 3 is 2.81 bits per heavy atom. The first-order chi connectivity index (χ1) is 13.2. The van der Waals surface area contributed by atoms with Crippen LogP contribution >= 0.6 is 0 Å². The number of para-hydroxylation sites is 1. The molecule has 1 aromatic heterocycles. The number of aryl methyl sites for hydroxylation is 1. The number of hydrogen-bond acceptors (Lipinski definition) is 4. The summed E-state index contributed by atoms with van der Waals surface area (Å²) in [5.74, 6) is 1.82. The minimum Gasteiger partial charge on any atom is -0.493 e. The lowest BCUT2D eigenvalue weighted by Gasteiger charge is -2.13. The number of methoxy groups -OCH3 is 2. The fourth-order valence-electron chi connectivity index (χ4n) is 3.51. The number of nitrogens with one attached hydrogen (secondary N) is 1. The minimum atomic E-state index is -0.249. The van der Waals surface area contributed by atoms with Crippen molar-refractivity contribution >= 4 is 11.6 Å². The molecule has 4 rings (SSSR count). The van der Waals surface area contributed by atoms with E-state index in [0.29, 0.717) is 17.1 Å². The van der Waals surface area contributed by atoms with Crippen molar-refractivity contribution in [2.45, 2.75) is 19.4 Å². The number of nitrogens with zero attached hydrogens (tertiary/aromatic N) is 2. The highest BCUT2D eigenvalue weighted by atomic mass is 16.5. The zero-order valence-corrected chi connectivity index (χ0v) is 15.4. The molecule has 0 radical (unpaired) electrons. The van der Waals surface area contributed by atoms with Crippen LogP contribution in [0, 0.1) is 0 Å². The third-order valence-corrected chi connectivity index (χ3v) is 4.78. The smallest absolute Gasteiger partial charge is 0.259 e. The number of benzene rings is 2. The lowest BCUT2D eigenvalue weighted by Crippen LogP contribution is -2.13. The second kappa shape index (κ2) is 7.15. The number of rotatable bonds is 5. The molecular formula is C21H21N3O3. The first kappa shape index (κ1) is 17.1. The van der Waals surface area contributed by atoms with E-state index >= 15 is 0 Å². The molecule has 0 unspecified atom stereocenters. The SMILES string of the molecule is COc1cccc(C(=O)Nc2cccc(-c3cnc4n3CCC4)c2)c1OC. The molecule has 1 amide bonds. The third kappa shape index (κ3) is 3.14. The Morgan fingerprint density at radius 1 is 1.15 bits per heavy atom. The zero-order valence-electron chi connectivity index (χ0n) is 15.4. The molecule has 0 saturated carbocycles. The van der Waals surface area contributed by atoms with E-state index in [1.54, 1.807) is 25.3 Å². The Bertz CT molecular complexity index is 994. The summed E-state index contributed by atoms with van der Waals surface area (Å²) in [6.07, 6.45) is 4.05. The van der Waals surface area contributed by atoms with Crippen LogP contribution in [0.15, 0.2) is 48.7 Å². The molecule has 2 heterocycles. The van der Waals surface area contributed by atoms with Gasteiger partial charge in [-0.1, -0.05) is 18.2 Å². The summed E-state index contributed by atoms with van der Waals surface area (Å²) in [6, 6.07) is 13.0. The van der Waals surface area contributed by atoms with E-state index in [2.05, 4.69) is 14.9 Å². The molecule has 0 fully saturated rings. The molecule has 6 heteroatoms. The Labute approximate surface area is 157 Å². The largest absolute Gasteiger partial charge is 0.493 e. The molecule has 1 N–H and O–H groups in total. The summed E-state index contributed by atoms with van der Waals surface area (Å²) >= 11 is 0. The normalized spacial score (nSPS) is 12.5. The van der Waals surface area contributed by atoms with Gasteiger partial charge in [0.1, 0.15) is 5.82 Å². The van der Waals surface area contributed by atoms with Crippen molar-refractivity contribution < 1.29 is 14.3 Å². The van der Waals surface area contributed by atoms with Crippen LogP contribution in [0.2, 0.25) is 0 Å². The topological polar surface area (TPSA) is 65.4 Å². The maximum absolute atomic E-state index is 12.8.